The van der Waals surface area contributed by atoms with E-state index in [4.69, 9.17) is 15.4 Å². The maximum absolute atomic E-state index is 13.3. The smallest absolute Gasteiger partial charge is 0.410 e. The molecule has 1 heterocycles. The third kappa shape index (κ3) is 5.01. The van der Waals surface area contributed by atoms with E-state index in [2.05, 4.69) is 29.2 Å². The van der Waals surface area contributed by atoms with Crippen molar-refractivity contribution in [2.45, 2.75) is 29.7 Å². The van der Waals surface area contributed by atoms with Crippen molar-refractivity contribution in [2.24, 2.45) is 0 Å². The number of carbonyl (C=O) groups is 1. The highest BCUT2D eigenvalue weighted by atomic mass is 35.7. The molecule has 0 N–H and O–H groups in total. The molecule has 0 bridgehead atoms. The van der Waals surface area contributed by atoms with Crippen LogP contribution in [0.15, 0.2) is 77.7 Å². The van der Waals surface area contributed by atoms with Crippen LogP contribution in [0.1, 0.15) is 41.5 Å². The molecule has 0 unspecified atom stereocenters. The molecule has 1 atom stereocenters. The van der Waals surface area contributed by atoms with E-state index >= 15 is 0 Å². The highest BCUT2D eigenvalue weighted by Gasteiger charge is 2.31. The van der Waals surface area contributed by atoms with Gasteiger partial charge in [-0.1, -0.05) is 60.7 Å². The molecule has 3 aromatic carbocycles. The molecule has 188 valence electrons. The molecular formula is C28H29ClN2O4S. The van der Waals surface area contributed by atoms with Gasteiger partial charge in [0.2, 0.25) is 0 Å². The molecule has 0 aromatic heterocycles. The predicted molar refractivity (Wildman–Crippen MR) is 141 cm³/mol. The summed E-state index contributed by atoms with van der Waals surface area (Å²) in [6, 6.07) is 22.6. The second-order valence-corrected chi connectivity index (χ2v) is 12.0. The van der Waals surface area contributed by atoms with Gasteiger partial charge >= 0.3 is 6.09 Å². The molecule has 36 heavy (non-hydrogen) atoms. The van der Waals surface area contributed by atoms with Crippen molar-refractivity contribution in [3.8, 4) is 11.1 Å². The van der Waals surface area contributed by atoms with Crippen LogP contribution in [0.3, 0.4) is 0 Å². The normalized spacial score (nSPS) is 16.4. The van der Waals surface area contributed by atoms with Gasteiger partial charge in [-0.25, -0.2) is 13.2 Å². The quantitative estimate of drug-likeness (QED) is 0.375. The fraction of sp³-hybridized carbons (Fsp3) is 0.321. The van der Waals surface area contributed by atoms with Crippen molar-refractivity contribution in [3.05, 3.63) is 89.5 Å². The number of benzene rings is 3. The topological polar surface area (TPSA) is 66.9 Å². The van der Waals surface area contributed by atoms with Gasteiger partial charge in [-0.2, -0.15) is 0 Å². The molecule has 1 saturated heterocycles. The summed E-state index contributed by atoms with van der Waals surface area (Å²) in [4.78, 5) is 17.2. The molecule has 1 fully saturated rings. The molecular weight excluding hydrogens is 496 g/mol. The SMILES string of the molecule is CN(C(=O)OCC1c2ccccc2-c2ccccc21)[C@H](CN1CCCC1)c1cccc(S(=O)(=O)Cl)c1. The number of carbonyl (C=O) groups excluding carboxylic acids is 1. The molecule has 5 rings (SSSR count). The standard InChI is InChI=1S/C28H29ClN2O4S/c1-30(27(18-31-15-6-7-16-31)20-9-8-10-21(17-20)36(29,33)34)28(32)35-19-26-24-13-4-2-11-22(24)23-12-3-5-14-25(23)26/h2-5,8-14,17,26-27H,6-7,15-16,18-19H2,1H3/t27-/m1/s1. The first-order valence-corrected chi connectivity index (χ1v) is 14.5. The zero-order valence-electron chi connectivity index (χ0n) is 20.1. The Balaban J connectivity index is 1.37. The number of hydrogen-bond donors (Lipinski definition) is 0. The van der Waals surface area contributed by atoms with E-state index in [0.717, 1.165) is 37.1 Å². The van der Waals surface area contributed by atoms with Crippen LogP contribution in [0.4, 0.5) is 4.79 Å². The van der Waals surface area contributed by atoms with Crippen LogP contribution in [0, 0.1) is 0 Å². The van der Waals surface area contributed by atoms with Gasteiger partial charge < -0.3 is 14.5 Å². The van der Waals surface area contributed by atoms with E-state index in [1.165, 1.54) is 17.2 Å². The van der Waals surface area contributed by atoms with Crippen LogP contribution >= 0.6 is 10.7 Å². The maximum atomic E-state index is 13.3. The summed E-state index contributed by atoms with van der Waals surface area (Å²) >= 11 is 0. The van der Waals surface area contributed by atoms with Gasteiger partial charge in [0.1, 0.15) is 6.61 Å². The molecule has 1 aliphatic heterocycles. The molecule has 1 aliphatic carbocycles. The molecule has 1 amide bonds. The van der Waals surface area contributed by atoms with E-state index in [1.807, 2.05) is 30.3 Å². The third-order valence-corrected chi connectivity index (χ3v) is 8.60. The van der Waals surface area contributed by atoms with Gasteiger partial charge in [0, 0.05) is 30.2 Å². The highest BCUT2D eigenvalue weighted by Crippen LogP contribution is 2.44. The van der Waals surface area contributed by atoms with Gasteiger partial charge in [-0.05, 0) is 65.9 Å². The van der Waals surface area contributed by atoms with Crippen molar-refractivity contribution < 1.29 is 17.9 Å². The number of rotatable bonds is 7. The molecule has 0 saturated carbocycles. The van der Waals surface area contributed by atoms with Crippen molar-refractivity contribution >= 4 is 25.8 Å². The second kappa shape index (κ2) is 10.2. The van der Waals surface area contributed by atoms with Crippen molar-refractivity contribution in [3.63, 3.8) is 0 Å². The number of hydrogen-bond acceptors (Lipinski definition) is 5. The minimum atomic E-state index is -3.89. The Morgan fingerprint density at radius 3 is 2.22 bits per heavy atom. The summed E-state index contributed by atoms with van der Waals surface area (Å²) in [5.41, 5.74) is 5.37. The Bertz CT molecular complexity index is 1330. The van der Waals surface area contributed by atoms with Crippen LogP contribution in [0.5, 0.6) is 0 Å². The fourth-order valence-electron chi connectivity index (χ4n) is 5.36. The van der Waals surface area contributed by atoms with E-state index in [-0.39, 0.29) is 23.5 Å². The summed E-state index contributed by atoms with van der Waals surface area (Å²) in [5.74, 6) is -0.0310. The van der Waals surface area contributed by atoms with Crippen LogP contribution in [0.2, 0.25) is 0 Å². The second-order valence-electron chi connectivity index (χ2n) is 9.45. The molecule has 3 aromatic rings. The van der Waals surface area contributed by atoms with Crippen molar-refractivity contribution in [2.75, 3.05) is 33.3 Å². The lowest BCUT2D eigenvalue weighted by atomic mass is 9.98. The van der Waals surface area contributed by atoms with Gasteiger partial charge in [0.05, 0.1) is 10.9 Å². The predicted octanol–water partition coefficient (Wildman–Crippen LogP) is 5.63. The Morgan fingerprint density at radius 1 is 1.00 bits per heavy atom. The minimum absolute atomic E-state index is 0.0222. The summed E-state index contributed by atoms with van der Waals surface area (Å²) in [7, 11) is 3.43. The summed E-state index contributed by atoms with van der Waals surface area (Å²) < 4.78 is 29.8. The van der Waals surface area contributed by atoms with Crippen molar-refractivity contribution in [1.29, 1.82) is 0 Å². The molecule has 8 heteroatoms. The zero-order chi connectivity index (χ0) is 25.3. The number of likely N-dealkylation sites (N-methyl/N-ethyl adjacent to an activating group) is 1. The first kappa shape index (κ1) is 24.8. The fourth-order valence-corrected chi connectivity index (χ4v) is 6.16. The molecule has 6 nitrogen and oxygen atoms in total. The number of fused-ring (bicyclic) bond motifs is 3. The largest absolute Gasteiger partial charge is 0.448 e. The van der Waals surface area contributed by atoms with Crippen LogP contribution in [0.25, 0.3) is 11.1 Å². The lowest BCUT2D eigenvalue weighted by molar-refractivity contribution is 0.0866. The number of halogens is 1. The van der Waals surface area contributed by atoms with E-state index < -0.39 is 15.1 Å². The van der Waals surface area contributed by atoms with E-state index in [9.17, 15) is 13.2 Å². The zero-order valence-corrected chi connectivity index (χ0v) is 21.7. The third-order valence-electron chi connectivity index (χ3n) is 7.25. The van der Waals surface area contributed by atoms with Crippen molar-refractivity contribution in [1.82, 2.24) is 9.80 Å². The minimum Gasteiger partial charge on any atom is -0.448 e. The molecule has 0 radical (unpaired) electrons. The van der Waals surface area contributed by atoms with E-state index in [1.54, 1.807) is 24.1 Å². The monoisotopic (exact) mass is 524 g/mol. The number of amides is 1. The average Bonchev–Trinajstić information content (AvgIpc) is 3.51. The highest BCUT2D eigenvalue weighted by molar-refractivity contribution is 8.13. The average molecular weight is 525 g/mol. The first-order valence-electron chi connectivity index (χ1n) is 12.2. The Labute approximate surface area is 216 Å². The molecule has 0 spiro atoms. The number of nitrogens with zero attached hydrogens (tertiary/aromatic N) is 2. The number of ether oxygens (including phenoxy) is 1. The Hall–Kier alpha value is -2.87. The number of likely N-dealkylation sites (tertiary alicyclic amines) is 1. The van der Waals surface area contributed by atoms with Gasteiger partial charge in [-0.3, -0.25) is 0 Å². The maximum Gasteiger partial charge on any atom is 0.410 e. The van der Waals surface area contributed by atoms with Gasteiger partial charge in [0.15, 0.2) is 0 Å². The Morgan fingerprint density at radius 2 is 1.61 bits per heavy atom. The Kier molecular flexibility index (Phi) is 7.06. The molecule has 2 aliphatic rings. The summed E-state index contributed by atoms with van der Waals surface area (Å²) in [5, 5.41) is 0. The van der Waals surface area contributed by atoms with E-state index in [0.29, 0.717) is 12.1 Å². The van der Waals surface area contributed by atoms with Crippen LogP contribution < -0.4 is 0 Å². The van der Waals surface area contributed by atoms with Gasteiger partial charge in [-0.15, -0.1) is 0 Å². The summed E-state index contributed by atoms with van der Waals surface area (Å²) in [6.45, 7) is 2.71. The van der Waals surface area contributed by atoms with Crippen LogP contribution in [-0.2, 0) is 13.8 Å². The van der Waals surface area contributed by atoms with Gasteiger partial charge in [0.25, 0.3) is 9.05 Å². The summed E-state index contributed by atoms with van der Waals surface area (Å²) in [6.07, 6.45) is 1.77. The lowest BCUT2D eigenvalue weighted by Gasteiger charge is -2.32. The lowest BCUT2D eigenvalue weighted by Crippen LogP contribution is -2.39. The first-order chi connectivity index (χ1) is 17.3. The van der Waals surface area contributed by atoms with Crippen LogP contribution in [-0.4, -0.2) is 57.6 Å².